The van der Waals surface area contributed by atoms with Gasteiger partial charge in [0.05, 0.1) is 6.42 Å². The highest BCUT2D eigenvalue weighted by molar-refractivity contribution is 7.90. The SMILES string of the molecule is C=C(/C=C(/NC(=O)C1CC1)NC1=NC=CC1)c1ccc(CC(=O)N2CCN(S(=O)(=O)C(F)(F)F)CC2)cc1. The Hall–Kier alpha value is -3.45. The quantitative estimate of drug-likeness (QED) is 0.483. The number of allylic oxidation sites excluding steroid dienone is 2. The van der Waals surface area contributed by atoms with E-state index in [0.29, 0.717) is 33.5 Å². The molecule has 1 aromatic rings. The number of hydrogen-bond donors (Lipinski definition) is 2. The fourth-order valence-electron chi connectivity index (χ4n) is 3.99. The summed E-state index contributed by atoms with van der Waals surface area (Å²) in [6.45, 7) is 3.04. The molecule has 1 saturated carbocycles. The molecule has 2 fully saturated rings. The number of amides is 2. The van der Waals surface area contributed by atoms with Crippen LogP contribution >= 0.6 is 0 Å². The molecule has 2 heterocycles. The molecule has 204 valence electrons. The van der Waals surface area contributed by atoms with Gasteiger partial charge < -0.3 is 15.5 Å². The third-order valence-electron chi connectivity index (χ3n) is 6.35. The van der Waals surface area contributed by atoms with Crippen LogP contribution in [-0.2, 0) is 26.0 Å². The minimum atomic E-state index is -5.40. The second-order valence-corrected chi connectivity index (χ2v) is 11.2. The summed E-state index contributed by atoms with van der Waals surface area (Å²) in [5, 5.41) is 6.02. The van der Waals surface area contributed by atoms with Crippen molar-refractivity contribution < 1.29 is 31.2 Å². The van der Waals surface area contributed by atoms with Crippen molar-refractivity contribution in [1.82, 2.24) is 19.8 Å². The van der Waals surface area contributed by atoms with Gasteiger partial charge in [-0.3, -0.25) is 9.59 Å². The highest BCUT2D eigenvalue weighted by atomic mass is 32.2. The molecule has 1 aliphatic carbocycles. The molecular weight excluding hydrogens is 523 g/mol. The van der Waals surface area contributed by atoms with E-state index in [0.717, 1.165) is 18.4 Å². The molecular formula is C25H28F3N5O4S. The van der Waals surface area contributed by atoms with Crippen LogP contribution < -0.4 is 10.6 Å². The van der Waals surface area contributed by atoms with Crippen molar-refractivity contribution in [2.75, 3.05) is 26.2 Å². The van der Waals surface area contributed by atoms with Crippen LogP contribution in [0.4, 0.5) is 13.2 Å². The lowest BCUT2D eigenvalue weighted by Gasteiger charge is -2.34. The Morgan fingerprint density at radius 2 is 1.76 bits per heavy atom. The number of nitrogens with zero attached hydrogens (tertiary/aromatic N) is 3. The minimum Gasteiger partial charge on any atom is -0.340 e. The molecule has 13 heteroatoms. The lowest BCUT2D eigenvalue weighted by Crippen LogP contribution is -2.53. The van der Waals surface area contributed by atoms with E-state index in [1.54, 1.807) is 36.5 Å². The van der Waals surface area contributed by atoms with Gasteiger partial charge in [0.1, 0.15) is 11.7 Å². The summed E-state index contributed by atoms with van der Waals surface area (Å²) < 4.78 is 61.7. The lowest BCUT2D eigenvalue weighted by atomic mass is 10.0. The number of hydrogen-bond acceptors (Lipinski definition) is 6. The number of rotatable bonds is 8. The van der Waals surface area contributed by atoms with E-state index >= 15 is 0 Å². The van der Waals surface area contributed by atoms with Crippen molar-refractivity contribution in [3.8, 4) is 0 Å². The Balaban J connectivity index is 1.34. The van der Waals surface area contributed by atoms with Crippen LogP contribution in [0.5, 0.6) is 0 Å². The van der Waals surface area contributed by atoms with Crippen molar-refractivity contribution in [2.24, 2.45) is 10.9 Å². The van der Waals surface area contributed by atoms with E-state index in [-0.39, 0.29) is 37.2 Å². The fraction of sp³-hybridized carbons (Fsp3) is 0.400. The van der Waals surface area contributed by atoms with Crippen LogP contribution in [-0.4, -0.2) is 67.0 Å². The molecule has 3 aliphatic rings. The molecule has 2 N–H and O–H groups in total. The number of sulfonamides is 1. The number of nitrogens with one attached hydrogen (secondary N) is 2. The number of benzene rings is 1. The predicted octanol–water partition coefficient (Wildman–Crippen LogP) is 2.51. The van der Waals surface area contributed by atoms with Gasteiger partial charge in [-0.05, 0) is 35.6 Å². The van der Waals surface area contributed by atoms with Gasteiger partial charge >= 0.3 is 15.5 Å². The number of carbonyl (C=O) groups excluding carboxylic acids is 2. The van der Waals surface area contributed by atoms with Gasteiger partial charge in [-0.2, -0.15) is 17.5 Å². The predicted molar refractivity (Wildman–Crippen MR) is 136 cm³/mol. The van der Waals surface area contributed by atoms with Crippen LogP contribution in [0.1, 0.15) is 30.4 Å². The summed E-state index contributed by atoms with van der Waals surface area (Å²) in [6, 6.07) is 7.06. The van der Waals surface area contributed by atoms with Crippen molar-refractivity contribution in [2.45, 2.75) is 31.2 Å². The molecule has 0 bridgehead atoms. The van der Waals surface area contributed by atoms with Gasteiger partial charge in [0.15, 0.2) is 0 Å². The molecule has 0 aromatic heterocycles. The van der Waals surface area contributed by atoms with E-state index in [4.69, 9.17) is 0 Å². The molecule has 2 amide bonds. The van der Waals surface area contributed by atoms with Crippen molar-refractivity contribution in [3.63, 3.8) is 0 Å². The van der Waals surface area contributed by atoms with E-state index in [2.05, 4.69) is 22.2 Å². The Morgan fingerprint density at radius 3 is 2.32 bits per heavy atom. The van der Waals surface area contributed by atoms with Crippen molar-refractivity contribution in [1.29, 1.82) is 0 Å². The Morgan fingerprint density at radius 1 is 1.11 bits per heavy atom. The molecule has 4 rings (SSSR count). The Labute approximate surface area is 218 Å². The second-order valence-electron chi connectivity index (χ2n) is 9.24. The first-order chi connectivity index (χ1) is 17.9. The van der Waals surface area contributed by atoms with Gasteiger partial charge in [-0.15, -0.1) is 0 Å². The zero-order valence-electron chi connectivity index (χ0n) is 20.5. The maximum absolute atomic E-state index is 12.8. The van der Waals surface area contributed by atoms with Crippen molar-refractivity contribution >= 4 is 33.2 Å². The number of alkyl halides is 3. The number of aliphatic imine (C=N–C) groups is 1. The number of carbonyl (C=O) groups is 2. The first-order valence-electron chi connectivity index (χ1n) is 12.1. The molecule has 0 atom stereocenters. The maximum atomic E-state index is 12.8. The monoisotopic (exact) mass is 551 g/mol. The van der Waals surface area contributed by atoms with Gasteiger partial charge in [0, 0.05) is 44.7 Å². The van der Waals surface area contributed by atoms with E-state index in [9.17, 15) is 31.2 Å². The third-order valence-corrected chi connectivity index (χ3v) is 7.98. The molecule has 0 spiro atoms. The van der Waals surface area contributed by atoms with E-state index in [1.165, 1.54) is 4.90 Å². The second kappa shape index (κ2) is 11.1. The normalized spacial score (nSPS) is 18.8. The highest BCUT2D eigenvalue weighted by Gasteiger charge is 2.50. The van der Waals surface area contributed by atoms with Crippen LogP contribution in [0.3, 0.4) is 0 Å². The molecule has 0 radical (unpaired) electrons. The minimum absolute atomic E-state index is 0.0194. The van der Waals surface area contributed by atoms with Crippen molar-refractivity contribution in [3.05, 3.63) is 66.1 Å². The van der Waals surface area contributed by atoms with E-state index < -0.39 is 28.6 Å². The average molecular weight is 552 g/mol. The molecule has 2 aliphatic heterocycles. The van der Waals surface area contributed by atoms with Crippen LogP contribution in [0.15, 0.2) is 60.0 Å². The number of piperazine rings is 1. The van der Waals surface area contributed by atoms with Gasteiger partial charge in [0.25, 0.3) is 0 Å². The highest BCUT2D eigenvalue weighted by Crippen LogP contribution is 2.29. The Kier molecular flexibility index (Phi) is 8.07. The molecule has 9 nitrogen and oxygen atoms in total. The van der Waals surface area contributed by atoms with Crippen LogP contribution in [0.2, 0.25) is 0 Å². The van der Waals surface area contributed by atoms with Gasteiger partial charge in [-0.1, -0.05) is 36.9 Å². The summed E-state index contributed by atoms with van der Waals surface area (Å²) >= 11 is 0. The van der Waals surface area contributed by atoms with Crippen LogP contribution in [0.25, 0.3) is 5.57 Å². The lowest BCUT2D eigenvalue weighted by molar-refractivity contribution is -0.131. The molecule has 1 aromatic carbocycles. The maximum Gasteiger partial charge on any atom is 0.511 e. The number of halogens is 3. The smallest absolute Gasteiger partial charge is 0.340 e. The zero-order chi connectivity index (χ0) is 27.5. The van der Waals surface area contributed by atoms with Gasteiger partial charge in [-0.25, -0.2) is 13.4 Å². The van der Waals surface area contributed by atoms with Crippen LogP contribution in [0, 0.1) is 5.92 Å². The fourth-order valence-corrected chi connectivity index (χ4v) is 4.92. The Bertz CT molecular complexity index is 1290. The first kappa shape index (κ1) is 27.6. The van der Waals surface area contributed by atoms with E-state index in [1.807, 2.05) is 6.08 Å². The topological polar surface area (TPSA) is 111 Å². The number of amidine groups is 1. The summed E-state index contributed by atoms with van der Waals surface area (Å²) in [5.74, 6) is 0.826. The molecule has 38 heavy (non-hydrogen) atoms. The largest absolute Gasteiger partial charge is 0.511 e. The van der Waals surface area contributed by atoms with Gasteiger partial charge in [0.2, 0.25) is 11.8 Å². The third kappa shape index (κ3) is 6.70. The zero-order valence-corrected chi connectivity index (χ0v) is 21.3. The molecule has 1 saturated heterocycles. The summed E-state index contributed by atoms with van der Waals surface area (Å²) in [7, 11) is -5.40. The summed E-state index contributed by atoms with van der Waals surface area (Å²) in [4.78, 5) is 30.5. The first-order valence-corrected chi connectivity index (χ1v) is 13.5. The summed E-state index contributed by atoms with van der Waals surface area (Å²) in [5.41, 5.74) is -3.29. The summed E-state index contributed by atoms with van der Waals surface area (Å²) in [6.07, 6.45) is 7.67. The molecule has 0 unspecified atom stereocenters. The standard InChI is InChI=1S/C25H28F3N5O4S/c1-17(15-22(30-21-3-2-10-29-21)31-24(35)20-8-9-20)19-6-4-18(5-7-19)16-23(34)32-11-13-33(14-12-32)38(36,37)25(26,27)28/h2,4-7,10,15,20H,1,3,8-9,11-14,16H2,(H,29,30)(H,31,35)/b22-15+. The average Bonchev–Trinajstić information content (AvgIpc) is 3.61.